The Balaban J connectivity index is -0.000000569. The normalized spacial score (nSPS) is 13.2. The van der Waals surface area contributed by atoms with Crippen molar-refractivity contribution >= 4 is 12.8 Å². The summed E-state index contributed by atoms with van der Waals surface area (Å²) in [6.07, 6.45) is 2.97. The van der Waals surface area contributed by atoms with Crippen LogP contribution in [0.25, 0.3) is 0 Å². The van der Waals surface area contributed by atoms with Gasteiger partial charge in [0, 0.05) is 0 Å². The Morgan fingerprint density at radius 2 is 1.43 bits per heavy atom. The zero-order chi connectivity index (χ0) is 17.7. The second-order valence-corrected chi connectivity index (χ2v) is 6.66. The first kappa shape index (κ1) is 25.1. The van der Waals surface area contributed by atoms with Gasteiger partial charge in [0.15, 0.2) is 0 Å². The van der Waals surface area contributed by atoms with Crippen molar-refractivity contribution in [3.63, 3.8) is 0 Å². The van der Waals surface area contributed by atoms with Gasteiger partial charge in [-0.25, -0.2) is 0 Å². The summed E-state index contributed by atoms with van der Waals surface area (Å²) >= 11 is 0. The molecule has 0 rings (SSSR count). The molecular weight excluding hydrogens is 264 g/mol. The van der Waals surface area contributed by atoms with Gasteiger partial charge < -0.3 is 9.53 Å². The molecule has 3 heteroatoms. The highest BCUT2D eigenvalue weighted by Crippen LogP contribution is 2.41. The lowest BCUT2D eigenvalue weighted by Crippen LogP contribution is -2.36. The smallest absolute Gasteiger partial charge is 0.311 e. The van der Waals surface area contributed by atoms with E-state index in [2.05, 4.69) is 48.5 Å². The van der Waals surface area contributed by atoms with E-state index in [0.29, 0.717) is 12.5 Å². The summed E-state index contributed by atoms with van der Waals surface area (Å²) in [7, 11) is 0. The van der Waals surface area contributed by atoms with E-state index >= 15 is 0 Å². The largest absolute Gasteiger partial charge is 0.466 e. The number of rotatable bonds is 6. The molecule has 0 aliphatic rings. The zero-order valence-corrected chi connectivity index (χ0v) is 15.8. The molecule has 0 aromatic heterocycles. The van der Waals surface area contributed by atoms with E-state index in [-0.39, 0.29) is 16.8 Å². The molecule has 0 radical (unpaired) electrons. The van der Waals surface area contributed by atoms with Crippen molar-refractivity contribution in [3.8, 4) is 0 Å². The van der Waals surface area contributed by atoms with Gasteiger partial charge in [-0.15, -0.1) is 0 Å². The van der Waals surface area contributed by atoms with E-state index in [4.69, 9.17) is 9.53 Å². The minimum atomic E-state index is -0.343. The highest BCUT2D eigenvalue weighted by atomic mass is 16.5. The van der Waals surface area contributed by atoms with E-state index in [9.17, 15) is 4.79 Å². The Bertz CT molecular complexity index is 259. The summed E-state index contributed by atoms with van der Waals surface area (Å²) in [6, 6.07) is 0. The van der Waals surface area contributed by atoms with Crippen LogP contribution in [0.2, 0.25) is 0 Å². The van der Waals surface area contributed by atoms with Crippen molar-refractivity contribution in [2.75, 3.05) is 6.61 Å². The highest BCUT2D eigenvalue weighted by Gasteiger charge is 2.39. The fraction of sp³-hybridized carbons (Fsp3) is 0.889. The van der Waals surface area contributed by atoms with Crippen LogP contribution in [-0.2, 0) is 14.3 Å². The molecular formula is C18H38O3. The van der Waals surface area contributed by atoms with Crippen LogP contribution in [-0.4, -0.2) is 19.4 Å². The molecule has 0 bridgehead atoms. The molecule has 0 aliphatic heterocycles. The first-order chi connectivity index (χ1) is 9.61. The minimum Gasteiger partial charge on any atom is -0.466 e. The Morgan fingerprint density at radius 3 is 1.67 bits per heavy atom. The maximum atomic E-state index is 12.0. The molecule has 21 heavy (non-hydrogen) atoms. The number of carbonyl (C=O) groups excluding carboxylic acids is 2. The summed E-state index contributed by atoms with van der Waals surface area (Å²) in [4.78, 5) is 20.0. The highest BCUT2D eigenvalue weighted by molar-refractivity contribution is 5.76. The molecule has 0 spiro atoms. The van der Waals surface area contributed by atoms with Gasteiger partial charge in [-0.1, -0.05) is 54.9 Å². The standard InChI is InChI=1S/C14H28O2.C3H8.CH2O/c1-8-14(7,12(15)16-9-2)10-13(5,6)11(3)4;1-3-2;1-2/h11H,8-10H2,1-7H3;3H2,1-2H3;1H2. The fourth-order valence-corrected chi connectivity index (χ4v) is 1.86. The predicted molar refractivity (Wildman–Crippen MR) is 91.4 cm³/mol. The van der Waals surface area contributed by atoms with Gasteiger partial charge in [0.2, 0.25) is 0 Å². The third kappa shape index (κ3) is 10.5. The number of esters is 1. The van der Waals surface area contributed by atoms with Gasteiger partial charge in [0.05, 0.1) is 12.0 Å². The van der Waals surface area contributed by atoms with Gasteiger partial charge in [-0.2, -0.15) is 0 Å². The quantitative estimate of drug-likeness (QED) is 0.628. The van der Waals surface area contributed by atoms with Crippen molar-refractivity contribution in [2.24, 2.45) is 16.7 Å². The van der Waals surface area contributed by atoms with Gasteiger partial charge >= 0.3 is 5.97 Å². The lowest BCUT2D eigenvalue weighted by Gasteiger charge is -2.37. The second kappa shape index (κ2) is 12.8. The number of hydrogen-bond donors (Lipinski definition) is 0. The molecule has 0 saturated heterocycles. The van der Waals surface area contributed by atoms with Crippen LogP contribution >= 0.6 is 0 Å². The number of carbonyl (C=O) groups is 2. The lowest BCUT2D eigenvalue weighted by molar-refractivity contribution is -0.157. The average molecular weight is 302 g/mol. The molecule has 0 N–H and O–H groups in total. The summed E-state index contributed by atoms with van der Waals surface area (Å²) in [5.74, 6) is 0.513. The van der Waals surface area contributed by atoms with E-state index in [0.717, 1.165) is 12.8 Å². The first-order valence-corrected chi connectivity index (χ1v) is 8.07. The maximum Gasteiger partial charge on any atom is 0.311 e. The first-order valence-electron chi connectivity index (χ1n) is 8.07. The Kier molecular flexibility index (Phi) is 15.4. The molecule has 0 aliphatic carbocycles. The van der Waals surface area contributed by atoms with Crippen molar-refractivity contribution in [1.82, 2.24) is 0 Å². The van der Waals surface area contributed by atoms with Crippen LogP contribution in [0.1, 0.15) is 81.6 Å². The van der Waals surface area contributed by atoms with Gasteiger partial charge in [-0.3, -0.25) is 4.79 Å². The maximum absolute atomic E-state index is 12.0. The molecule has 0 heterocycles. The van der Waals surface area contributed by atoms with Gasteiger partial charge in [-0.05, 0) is 38.0 Å². The third-order valence-corrected chi connectivity index (χ3v) is 3.96. The SMILES string of the molecule is C=O.CCC.CCOC(=O)C(C)(CC)CC(C)(C)C(C)C. The van der Waals surface area contributed by atoms with Gasteiger partial charge in [0.25, 0.3) is 0 Å². The average Bonchev–Trinajstić information content (AvgIpc) is 2.41. The number of ether oxygens (including phenoxy) is 1. The van der Waals surface area contributed by atoms with E-state index in [1.165, 1.54) is 6.42 Å². The Labute approximate surface area is 132 Å². The summed E-state index contributed by atoms with van der Waals surface area (Å²) < 4.78 is 5.18. The molecule has 128 valence electrons. The molecule has 1 unspecified atom stereocenters. The van der Waals surface area contributed by atoms with Crippen molar-refractivity contribution in [2.45, 2.75) is 81.6 Å². The fourth-order valence-electron chi connectivity index (χ4n) is 1.86. The second-order valence-electron chi connectivity index (χ2n) is 6.66. The predicted octanol–water partition coefficient (Wildman–Crippen LogP) is 5.27. The summed E-state index contributed by atoms with van der Waals surface area (Å²) in [5, 5.41) is 0. The number of hydrogen-bond acceptors (Lipinski definition) is 3. The zero-order valence-electron chi connectivity index (χ0n) is 15.8. The Morgan fingerprint density at radius 1 is 1.05 bits per heavy atom. The Hall–Kier alpha value is -0.860. The van der Waals surface area contributed by atoms with Crippen LogP contribution in [0.4, 0.5) is 0 Å². The van der Waals surface area contributed by atoms with Crippen molar-refractivity contribution in [1.29, 1.82) is 0 Å². The molecule has 0 fully saturated rings. The van der Waals surface area contributed by atoms with Crippen LogP contribution < -0.4 is 0 Å². The molecule has 1 atom stereocenters. The van der Waals surface area contributed by atoms with Gasteiger partial charge in [0.1, 0.15) is 6.79 Å². The molecule has 0 amide bonds. The minimum absolute atomic E-state index is 0.0498. The van der Waals surface area contributed by atoms with Crippen LogP contribution in [0.15, 0.2) is 0 Å². The van der Waals surface area contributed by atoms with Crippen molar-refractivity contribution in [3.05, 3.63) is 0 Å². The molecule has 0 saturated carbocycles. The molecule has 3 nitrogen and oxygen atoms in total. The third-order valence-electron chi connectivity index (χ3n) is 3.96. The van der Waals surface area contributed by atoms with E-state index in [1.54, 1.807) is 0 Å². The van der Waals surface area contributed by atoms with Crippen LogP contribution in [0.5, 0.6) is 0 Å². The van der Waals surface area contributed by atoms with Crippen molar-refractivity contribution < 1.29 is 14.3 Å². The summed E-state index contributed by atoms with van der Waals surface area (Å²) in [6.45, 7) is 21.5. The molecule has 0 aromatic carbocycles. The van der Waals surface area contributed by atoms with E-state index < -0.39 is 0 Å². The molecule has 0 aromatic rings. The van der Waals surface area contributed by atoms with E-state index in [1.807, 2.05) is 20.6 Å². The van der Waals surface area contributed by atoms with Crippen LogP contribution in [0, 0.1) is 16.7 Å². The topological polar surface area (TPSA) is 43.4 Å². The monoisotopic (exact) mass is 302 g/mol. The van der Waals surface area contributed by atoms with Crippen LogP contribution in [0.3, 0.4) is 0 Å². The summed E-state index contributed by atoms with van der Waals surface area (Å²) in [5.41, 5.74) is -0.179. The lowest BCUT2D eigenvalue weighted by atomic mass is 9.67.